The minimum atomic E-state index is -0.331. The molecule has 4 nitrogen and oxygen atoms in total. The van der Waals surface area contributed by atoms with Gasteiger partial charge in [-0.3, -0.25) is 0 Å². The SMILES string of the molecule is COc1c(-c2cccc(F)c2)nc2ccc(Cl)nn12. The highest BCUT2D eigenvalue weighted by molar-refractivity contribution is 6.29. The van der Waals surface area contributed by atoms with Gasteiger partial charge < -0.3 is 4.74 Å². The van der Waals surface area contributed by atoms with Crippen molar-refractivity contribution in [3.63, 3.8) is 0 Å². The number of hydrogen-bond donors (Lipinski definition) is 0. The van der Waals surface area contributed by atoms with Crippen LogP contribution in [0.15, 0.2) is 36.4 Å². The summed E-state index contributed by atoms with van der Waals surface area (Å²) in [6.45, 7) is 0. The van der Waals surface area contributed by atoms with Crippen molar-refractivity contribution in [2.24, 2.45) is 0 Å². The Bertz CT molecular complexity index is 757. The molecule has 0 bridgehead atoms. The second kappa shape index (κ2) is 4.51. The second-order valence-electron chi connectivity index (χ2n) is 3.91. The maximum Gasteiger partial charge on any atom is 0.243 e. The lowest BCUT2D eigenvalue weighted by atomic mass is 10.1. The summed E-state index contributed by atoms with van der Waals surface area (Å²) in [5.74, 6) is 0.0886. The van der Waals surface area contributed by atoms with Crippen molar-refractivity contribution in [1.82, 2.24) is 14.6 Å². The minimum absolute atomic E-state index is 0.328. The van der Waals surface area contributed by atoms with Crippen LogP contribution in [0.5, 0.6) is 5.88 Å². The number of ether oxygens (including phenoxy) is 1. The molecule has 19 heavy (non-hydrogen) atoms. The van der Waals surface area contributed by atoms with Crippen molar-refractivity contribution in [2.75, 3.05) is 7.11 Å². The lowest BCUT2D eigenvalue weighted by Gasteiger charge is -2.02. The first-order chi connectivity index (χ1) is 9.19. The van der Waals surface area contributed by atoms with E-state index in [4.69, 9.17) is 16.3 Å². The Labute approximate surface area is 113 Å². The summed E-state index contributed by atoms with van der Waals surface area (Å²) in [5, 5.41) is 4.44. The summed E-state index contributed by atoms with van der Waals surface area (Å²) in [4.78, 5) is 4.39. The van der Waals surface area contributed by atoms with Crippen LogP contribution in [-0.4, -0.2) is 21.7 Å². The minimum Gasteiger partial charge on any atom is -0.479 e. The first-order valence-electron chi connectivity index (χ1n) is 5.54. The predicted octanol–water partition coefficient (Wildman–Crippen LogP) is 3.20. The van der Waals surface area contributed by atoms with E-state index in [-0.39, 0.29) is 5.82 Å². The molecule has 0 aliphatic carbocycles. The molecule has 0 radical (unpaired) electrons. The molecule has 0 amide bonds. The summed E-state index contributed by atoms with van der Waals surface area (Å²) >= 11 is 5.85. The molecule has 3 aromatic rings. The molecular formula is C13H9ClFN3O. The van der Waals surface area contributed by atoms with Gasteiger partial charge in [0.2, 0.25) is 5.88 Å². The van der Waals surface area contributed by atoms with Gasteiger partial charge in [-0.2, -0.15) is 9.61 Å². The van der Waals surface area contributed by atoms with Gasteiger partial charge in [0, 0.05) is 5.56 Å². The Morgan fingerprint density at radius 1 is 1.26 bits per heavy atom. The lowest BCUT2D eigenvalue weighted by molar-refractivity contribution is 0.389. The predicted molar refractivity (Wildman–Crippen MR) is 69.9 cm³/mol. The van der Waals surface area contributed by atoms with Gasteiger partial charge in [-0.15, -0.1) is 0 Å². The molecule has 2 heterocycles. The molecule has 6 heteroatoms. The van der Waals surface area contributed by atoms with Crippen LogP contribution in [0, 0.1) is 5.82 Å². The van der Waals surface area contributed by atoms with Gasteiger partial charge in [-0.1, -0.05) is 23.7 Å². The molecule has 0 unspecified atom stereocenters. The number of methoxy groups -OCH3 is 1. The quantitative estimate of drug-likeness (QED) is 0.722. The number of aromatic nitrogens is 3. The topological polar surface area (TPSA) is 39.4 Å². The number of halogens is 2. The number of benzene rings is 1. The Kier molecular flexibility index (Phi) is 2.83. The Morgan fingerprint density at radius 3 is 2.84 bits per heavy atom. The zero-order chi connectivity index (χ0) is 13.4. The van der Waals surface area contributed by atoms with E-state index in [1.807, 2.05) is 0 Å². The number of imidazole rings is 1. The standard InChI is InChI=1S/C13H9ClFN3O/c1-19-13-12(8-3-2-4-9(15)7-8)16-11-6-5-10(14)17-18(11)13/h2-7H,1H3. The van der Waals surface area contributed by atoms with Crippen LogP contribution in [0.3, 0.4) is 0 Å². The molecule has 96 valence electrons. The van der Waals surface area contributed by atoms with Crippen molar-refractivity contribution in [3.8, 4) is 17.1 Å². The second-order valence-corrected chi connectivity index (χ2v) is 4.29. The van der Waals surface area contributed by atoms with Crippen LogP contribution in [0.4, 0.5) is 4.39 Å². The van der Waals surface area contributed by atoms with Crippen molar-refractivity contribution in [2.45, 2.75) is 0 Å². The summed E-state index contributed by atoms with van der Waals surface area (Å²) in [6, 6.07) is 9.51. The van der Waals surface area contributed by atoms with Crippen molar-refractivity contribution in [1.29, 1.82) is 0 Å². The smallest absolute Gasteiger partial charge is 0.243 e. The number of fused-ring (bicyclic) bond motifs is 1. The molecule has 1 aromatic carbocycles. The van der Waals surface area contributed by atoms with E-state index in [1.165, 1.54) is 23.8 Å². The van der Waals surface area contributed by atoms with Gasteiger partial charge in [0.1, 0.15) is 16.7 Å². The average molecular weight is 278 g/mol. The number of nitrogens with zero attached hydrogens (tertiary/aromatic N) is 3. The molecular weight excluding hydrogens is 269 g/mol. The Balaban J connectivity index is 2.29. The fourth-order valence-corrected chi connectivity index (χ4v) is 2.04. The number of hydrogen-bond acceptors (Lipinski definition) is 3. The van der Waals surface area contributed by atoms with E-state index in [9.17, 15) is 4.39 Å². The van der Waals surface area contributed by atoms with E-state index in [0.29, 0.717) is 27.9 Å². The highest BCUT2D eigenvalue weighted by Crippen LogP contribution is 2.30. The van der Waals surface area contributed by atoms with E-state index >= 15 is 0 Å². The molecule has 0 saturated carbocycles. The molecule has 3 rings (SSSR count). The fourth-order valence-electron chi connectivity index (χ4n) is 1.90. The highest BCUT2D eigenvalue weighted by Gasteiger charge is 2.16. The van der Waals surface area contributed by atoms with Crippen LogP contribution >= 0.6 is 11.6 Å². The molecule has 0 fully saturated rings. The highest BCUT2D eigenvalue weighted by atomic mass is 35.5. The Morgan fingerprint density at radius 2 is 2.11 bits per heavy atom. The van der Waals surface area contributed by atoms with Crippen molar-refractivity contribution in [3.05, 3.63) is 47.4 Å². The maximum atomic E-state index is 13.3. The van der Waals surface area contributed by atoms with E-state index in [2.05, 4.69) is 10.1 Å². The zero-order valence-electron chi connectivity index (χ0n) is 9.97. The van der Waals surface area contributed by atoms with Gasteiger partial charge in [0.25, 0.3) is 0 Å². The Hall–Kier alpha value is -2.14. The maximum absolute atomic E-state index is 13.3. The van der Waals surface area contributed by atoms with Gasteiger partial charge in [0.15, 0.2) is 5.65 Å². The van der Waals surface area contributed by atoms with Crippen molar-refractivity contribution < 1.29 is 9.13 Å². The lowest BCUT2D eigenvalue weighted by Crippen LogP contribution is -1.96. The summed E-state index contributed by atoms with van der Waals surface area (Å²) in [5.41, 5.74) is 1.73. The summed E-state index contributed by atoms with van der Waals surface area (Å²) < 4.78 is 20.1. The summed E-state index contributed by atoms with van der Waals surface area (Å²) in [6.07, 6.45) is 0. The van der Waals surface area contributed by atoms with Gasteiger partial charge in [0.05, 0.1) is 7.11 Å². The van der Waals surface area contributed by atoms with Crippen LogP contribution in [-0.2, 0) is 0 Å². The zero-order valence-corrected chi connectivity index (χ0v) is 10.7. The fraction of sp³-hybridized carbons (Fsp3) is 0.0769. The molecule has 0 saturated heterocycles. The van der Waals surface area contributed by atoms with Crippen LogP contribution in [0.1, 0.15) is 0 Å². The van der Waals surface area contributed by atoms with Gasteiger partial charge in [-0.25, -0.2) is 9.37 Å². The third-order valence-corrected chi connectivity index (χ3v) is 2.90. The normalized spacial score (nSPS) is 10.9. The largest absolute Gasteiger partial charge is 0.479 e. The average Bonchev–Trinajstić information content (AvgIpc) is 2.76. The monoisotopic (exact) mass is 277 g/mol. The molecule has 2 aromatic heterocycles. The van der Waals surface area contributed by atoms with Gasteiger partial charge >= 0.3 is 0 Å². The number of rotatable bonds is 2. The third-order valence-electron chi connectivity index (χ3n) is 2.70. The summed E-state index contributed by atoms with van der Waals surface area (Å²) in [7, 11) is 1.51. The molecule has 0 atom stereocenters. The van der Waals surface area contributed by atoms with Crippen LogP contribution in [0.2, 0.25) is 5.15 Å². The molecule has 0 aliphatic heterocycles. The first-order valence-corrected chi connectivity index (χ1v) is 5.92. The van der Waals surface area contributed by atoms with E-state index < -0.39 is 0 Å². The van der Waals surface area contributed by atoms with E-state index in [0.717, 1.165) is 0 Å². The van der Waals surface area contributed by atoms with Crippen LogP contribution in [0.25, 0.3) is 16.9 Å². The third kappa shape index (κ3) is 2.02. The molecule has 0 aliphatic rings. The molecule has 0 spiro atoms. The first kappa shape index (κ1) is 11.9. The van der Waals surface area contributed by atoms with Crippen LogP contribution < -0.4 is 4.74 Å². The van der Waals surface area contributed by atoms with E-state index in [1.54, 1.807) is 24.3 Å². The van der Waals surface area contributed by atoms with Gasteiger partial charge in [-0.05, 0) is 24.3 Å². The van der Waals surface area contributed by atoms with Crippen molar-refractivity contribution >= 4 is 17.2 Å². The molecule has 0 N–H and O–H groups in total.